The molecular formula is C17H21F3N2O4S. The molecule has 10 heteroatoms. The average Bonchev–Trinajstić information content (AvgIpc) is 2.55. The van der Waals surface area contributed by atoms with Gasteiger partial charge in [-0.25, -0.2) is 4.21 Å². The lowest BCUT2D eigenvalue weighted by atomic mass is 9.85. The third-order valence-electron chi connectivity index (χ3n) is 4.89. The van der Waals surface area contributed by atoms with Gasteiger partial charge in [0.05, 0.1) is 12.6 Å². The van der Waals surface area contributed by atoms with Gasteiger partial charge in [-0.05, 0) is 39.1 Å². The van der Waals surface area contributed by atoms with E-state index in [0.29, 0.717) is 13.1 Å². The van der Waals surface area contributed by atoms with Crippen molar-refractivity contribution < 1.29 is 32.0 Å². The van der Waals surface area contributed by atoms with E-state index in [2.05, 4.69) is 0 Å². The maximum absolute atomic E-state index is 12.9. The van der Waals surface area contributed by atoms with Crippen molar-refractivity contribution in [1.82, 2.24) is 9.80 Å². The van der Waals surface area contributed by atoms with E-state index in [1.165, 1.54) is 11.0 Å². The van der Waals surface area contributed by atoms with Gasteiger partial charge in [-0.15, -0.1) is 0 Å². The Morgan fingerprint density at radius 2 is 1.96 bits per heavy atom. The predicted molar refractivity (Wildman–Crippen MR) is 91.6 cm³/mol. The number of likely N-dealkylation sites (N-methyl/N-ethyl adjacent to an activating group) is 1. The van der Waals surface area contributed by atoms with Crippen LogP contribution in [0.1, 0.15) is 25.5 Å². The topological polar surface area (TPSA) is 70.1 Å². The third kappa shape index (κ3) is 3.70. The minimum Gasteiger partial charge on any atom is -0.485 e. The molecular weight excluding hydrogens is 385 g/mol. The monoisotopic (exact) mass is 406 g/mol. The molecule has 0 bridgehead atoms. The van der Waals surface area contributed by atoms with E-state index in [1.807, 2.05) is 4.90 Å². The summed E-state index contributed by atoms with van der Waals surface area (Å²) >= 11 is 0. The number of rotatable bonds is 2. The summed E-state index contributed by atoms with van der Waals surface area (Å²) in [6.45, 7) is 4.33. The fourth-order valence-electron chi connectivity index (χ4n) is 3.43. The SMILES string of the molecule is CN1CCN(C2c3cc(S(=O)C(F)(F)F)ccc3OC(C)(C)C2O)C(=O)C1. The number of aliphatic hydroxyl groups excluding tert-OH is 1. The summed E-state index contributed by atoms with van der Waals surface area (Å²) in [6.07, 6.45) is -1.16. The first-order valence-electron chi connectivity index (χ1n) is 8.39. The molecule has 1 N–H and O–H groups in total. The minimum absolute atomic E-state index is 0.147. The molecule has 0 saturated carbocycles. The summed E-state index contributed by atoms with van der Waals surface area (Å²) in [5, 5.41) is 10.8. The smallest absolute Gasteiger partial charge is 0.475 e. The van der Waals surface area contributed by atoms with Gasteiger partial charge in [-0.3, -0.25) is 9.69 Å². The number of nitrogens with zero attached hydrogens (tertiary/aromatic N) is 2. The predicted octanol–water partition coefficient (Wildman–Crippen LogP) is 1.66. The lowest BCUT2D eigenvalue weighted by molar-refractivity contribution is -0.149. The number of halogens is 3. The van der Waals surface area contributed by atoms with Crippen LogP contribution in [0, 0.1) is 0 Å². The summed E-state index contributed by atoms with van der Waals surface area (Å²) in [5.74, 6) is 0.0312. The van der Waals surface area contributed by atoms with Crippen molar-refractivity contribution in [3.63, 3.8) is 0 Å². The quantitative estimate of drug-likeness (QED) is 0.809. The maximum atomic E-state index is 12.9. The number of carbonyl (C=O) groups excluding carboxylic acids is 1. The van der Waals surface area contributed by atoms with E-state index in [-0.39, 0.29) is 23.8 Å². The highest BCUT2D eigenvalue weighted by Gasteiger charge is 2.48. The van der Waals surface area contributed by atoms with Gasteiger partial charge in [-0.1, -0.05) is 0 Å². The molecule has 27 heavy (non-hydrogen) atoms. The van der Waals surface area contributed by atoms with Crippen molar-refractivity contribution in [2.75, 3.05) is 26.7 Å². The summed E-state index contributed by atoms with van der Waals surface area (Å²) in [6, 6.07) is 2.65. The number of aliphatic hydroxyl groups is 1. The van der Waals surface area contributed by atoms with Crippen molar-refractivity contribution in [2.45, 2.75) is 42.0 Å². The Kier molecular flexibility index (Phi) is 5.02. The minimum atomic E-state index is -4.90. The van der Waals surface area contributed by atoms with Crippen LogP contribution in [0.3, 0.4) is 0 Å². The Morgan fingerprint density at radius 1 is 1.30 bits per heavy atom. The Morgan fingerprint density at radius 3 is 2.56 bits per heavy atom. The second-order valence-corrected chi connectivity index (χ2v) is 8.81. The van der Waals surface area contributed by atoms with Gasteiger partial charge in [0, 0.05) is 23.5 Å². The number of ether oxygens (including phenoxy) is 1. The van der Waals surface area contributed by atoms with E-state index in [4.69, 9.17) is 4.74 Å². The first kappa shape index (κ1) is 20.1. The van der Waals surface area contributed by atoms with E-state index >= 15 is 0 Å². The number of fused-ring (bicyclic) bond motifs is 1. The van der Waals surface area contributed by atoms with Gasteiger partial charge in [0.15, 0.2) is 10.8 Å². The third-order valence-corrected chi connectivity index (χ3v) is 5.99. The molecule has 3 rings (SSSR count). The molecule has 2 aliphatic rings. The van der Waals surface area contributed by atoms with Crippen molar-refractivity contribution >= 4 is 16.7 Å². The molecule has 0 spiro atoms. The Bertz CT molecular complexity index is 784. The first-order chi connectivity index (χ1) is 12.4. The molecule has 0 aromatic heterocycles. The Balaban J connectivity index is 2.08. The van der Waals surface area contributed by atoms with Crippen LogP contribution >= 0.6 is 0 Å². The summed E-state index contributed by atoms with van der Waals surface area (Å²) in [4.78, 5) is 15.4. The number of carbonyl (C=O) groups is 1. The molecule has 1 saturated heterocycles. The molecule has 150 valence electrons. The molecule has 6 nitrogen and oxygen atoms in total. The van der Waals surface area contributed by atoms with Gasteiger partial charge >= 0.3 is 5.51 Å². The highest BCUT2D eigenvalue weighted by Crippen LogP contribution is 2.44. The van der Waals surface area contributed by atoms with Gasteiger partial charge < -0.3 is 14.7 Å². The van der Waals surface area contributed by atoms with Crippen LogP contribution in [-0.2, 0) is 15.6 Å². The molecule has 3 atom stereocenters. The van der Waals surface area contributed by atoms with Crippen molar-refractivity contribution in [3.05, 3.63) is 23.8 Å². The Hall–Kier alpha value is -1.65. The van der Waals surface area contributed by atoms with E-state index in [9.17, 15) is 27.3 Å². The summed E-state index contributed by atoms with van der Waals surface area (Å²) in [5.41, 5.74) is -5.72. The highest BCUT2D eigenvalue weighted by molar-refractivity contribution is 7.86. The zero-order valence-electron chi connectivity index (χ0n) is 15.1. The van der Waals surface area contributed by atoms with Crippen LogP contribution in [0.4, 0.5) is 13.2 Å². The lowest BCUT2D eigenvalue weighted by Gasteiger charge is -2.48. The number of alkyl halides is 3. The summed E-state index contributed by atoms with van der Waals surface area (Å²) in [7, 11) is -1.42. The largest absolute Gasteiger partial charge is 0.485 e. The zero-order chi connectivity index (χ0) is 20.1. The molecule has 0 radical (unpaired) electrons. The van der Waals surface area contributed by atoms with Crippen LogP contribution in [0.2, 0.25) is 0 Å². The number of piperazine rings is 1. The van der Waals surface area contributed by atoms with E-state index in [1.54, 1.807) is 20.9 Å². The van der Waals surface area contributed by atoms with Crippen LogP contribution in [-0.4, -0.2) is 68.9 Å². The normalized spacial score (nSPS) is 27.1. The first-order valence-corrected chi connectivity index (χ1v) is 9.54. The fraction of sp³-hybridized carbons (Fsp3) is 0.588. The van der Waals surface area contributed by atoms with Crippen LogP contribution < -0.4 is 4.74 Å². The second-order valence-electron chi connectivity index (χ2n) is 7.33. The number of benzene rings is 1. The van der Waals surface area contributed by atoms with Crippen molar-refractivity contribution in [3.8, 4) is 5.75 Å². The molecule has 2 heterocycles. The molecule has 1 amide bonds. The van der Waals surface area contributed by atoms with E-state index < -0.39 is 39.0 Å². The molecule has 1 aromatic rings. The van der Waals surface area contributed by atoms with Gasteiger partial charge in [-0.2, -0.15) is 13.2 Å². The summed E-state index contributed by atoms with van der Waals surface area (Å²) < 4.78 is 56.1. The van der Waals surface area contributed by atoms with Crippen molar-refractivity contribution in [2.24, 2.45) is 0 Å². The standard InChI is InChI=1S/C17H21F3N2O4S/c1-16(2)15(24)14(22-7-6-21(3)9-13(22)23)11-8-10(4-5-12(11)26-16)27(25)17(18,19)20/h4-5,8,14-15,24H,6-7,9H2,1-3H3. The lowest BCUT2D eigenvalue weighted by Crippen LogP contribution is -2.58. The zero-order valence-corrected chi connectivity index (χ0v) is 15.9. The molecule has 0 aliphatic carbocycles. The van der Waals surface area contributed by atoms with Gasteiger partial charge in [0.25, 0.3) is 0 Å². The van der Waals surface area contributed by atoms with Crippen LogP contribution in [0.15, 0.2) is 23.1 Å². The number of hydrogen-bond acceptors (Lipinski definition) is 5. The van der Waals surface area contributed by atoms with E-state index in [0.717, 1.165) is 12.1 Å². The highest BCUT2D eigenvalue weighted by atomic mass is 32.2. The molecule has 2 aliphatic heterocycles. The number of hydrogen-bond donors (Lipinski definition) is 1. The second kappa shape index (κ2) is 6.75. The fourth-order valence-corrected chi connectivity index (χ4v) is 4.12. The molecule has 3 unspecified atom stereocenters. The number of amides is 1. The average molecular weight is 406 g/mol. The van der Waals surface area contributed by atoms with Crippen molar-refractivity contribution in [1.29, 1.82) is 0 Å². The maximum Gasteiger partial charge on any atom is 0.475 e. The van der Waals surface area contributed by atoms with Gasteiger partial charge in [0.2, 0.25) is 5.91 Å². The van der Waals surface area contributed by atoms with Gasteiger partial charge in [0.1, 0.15) is 17.5 Å². The van der Waals surface area contributed by atoms with Crippen LogP contribution in [0.5, 0.6) is 5.75 Å². The molecule has 1 aromatic carbocycles. The molecule has 1 fully saturated rings. The Labute approximate surface area is 157 Å². The van der Waals surface area contributed by atoms with Crippen LogP contribution in [0.25, 0.3) is 0 Å².